The molecule has 0 saturated carbocycles. The van der Waals surface area contributed by atoms with Crippen molar-refractivity contribution in [2.45, 2.75) is 91.5 Å². The van der Waals surface area contributed by atoms with Gasteiger partial charge in [-0.3, -0.25) is 4.79 Å². The normalized spacial score (nSPS) is 19.1. The van der Waals surface area contributed by atoms with Crippen molar-refractivity contribution in [1.29, 1.82) is 0 Å². The van der Waals surface area contributed by atoms with E-state index in [4.69, 9.17) is 9.16 Å². The van der Waals surface area contributed by atoms with Gasteiger partial charge in [0.25, 0.3) is 8.32 Å². The third-order valence-corrected chi connectivity index (χ3v) is 12.4. The molecule has 0 bridgehead atoms. The summed E-state index contributed by atoms with van der Waals surface area (Å²) in [5.74, 6) is 0.0566. The maximum absolute atomic E-state index is 13.8. The summed E-state index contributed by atoms with van der Waals surface area (Å²) in [6.45, 7) is 19.9. The van der Waals surface area contributed by atoms with Gasteiger partial charge in [-0.15, -0.1) is 0 Å². The summed E-state index contributed by atoms with van der Waals surface area (Å²) < 4.78 is 12.7. The summed E-state index contributed by atoms with van der Waals surface area (Å²) in [4.78, 5) is 28.7. The van der Waals surface area contributed by atoms with Crippen LogP contribution in [-0.2, 0) is 14.0 Å². The number of hydrogen-bond donors (Lipinski definition) is 1. The molecule has 1 aliphatic rings. The van der Waals surface area contributed by atoms with E-state index in [-0.39, 0.29) is 34.8 Å². The summed E-state index contributed by atoms with van der Waals surface area (Å²) in [6, 6.07) is 20.1. The Morgan fingerprint density at radius 1 is 0.872 bits per heavy atom. The Morgan fingerprint density at radius 3 is 1.82 bits per heavy atom. The number of hydrogen-bond acceptors (Lipinski definition) is 5. The zero-order chi connectivity index (χ0) is 29.1. The maximum Gasteiger partial charge on any atom is 0.410 e. The number of Topliss-reactive ketones (excluding diaryl/α,β-unsaturated/α-hetero) is 1. The monoisotopic (exact) mass is 552 g/mol. The average Bonchev–Trinajstić information content (AvgIpc) is 2.85. The summed E-state index contributed by atoms with van der Waals surface area (Å²) in [5.41, 5.74) is -0.933. The van der Waals surface area contributed by atoms with Crippen molar-refractivity contribution in [1.82, 2.24) is 10.2 Å². The van der Waals surface area contributed by atoms with Crippen molar-refractivity contribution >= 4 is 30.6 Å². The first-order valence-corrected chi connectivity index (χ1v) is 16.0. The summed E-state index contributed by atoms with van der Waals surface area (Å²) >= 11 is 0. The lowest BCUT2D eigenvalue weighted by Crippen LogP contribution is -2.67. The molecule has 6 nitrogen and oxygen atoms in total. The Balaban J connectivity index is 1.87. The van der Waals surface area contributed by atoms with Crippen LogP contribution in [0.1, 0.15) is 68.7 Å². The predicted molar refractivity (Wildman–Crippen MR) is 161 cm³/mol. The van der Waals surface area contributed by atoms with Crippen LogP contribution in [-0.4, -0.2) is 62.5 Å². The number of amides is 1. The molecule has 2 aromatic carbocycles. The highest BCUT2D eigenvalue weighted by atomic mass is 28.4. The molecule has 39 heavy (non-hydrogen) atoms. The van der Waals surface area contributed by atoms with E-state index in [0.717, 1.165) is 0 Å². The molecule has 214 valence electrons. The second-order valence-corrected chi connectivity index (χ2v) is 18.0. The molecule has 2 atom stereocenters. The Bertz CT molecular complexity index is 1060. The van der Waals surface area contributed by atoms with Gasteiger partial charge in [-0.2, -0.15) is 0 Å². The van der Waals surface area contributed by atoms with Crippen molar-refractivity contribution in [3.63, 3.8) is 0 Å². The smallest absolute Gasteiger partial charge is 0.410 e. The predicted octanol–water partition coefficient (Wildman–Crippen LogP) is 5.15. The number of nitrogens with one attached hydrogen (secondary N) is 1. The molecule has 7 heteroatoms. The van der Waals surface area contributed by atoms with E-state index in [1.165, 1.54) is 10.4 Å². The van der Waals surface area contributed by atoms with Crippen LogP contribution >= 0.6 is 0 Å². The van der Waals surface area contributed by atoms with Crippen molar-refractivity contribution in [3.05, 3.63) is 60.7 Å². The minimum absolute atomic E-state index is 0.0566. The van der Waals surface area contributed by atoms with Crippen molar-refractivity contribution in [3.8, 4) is 0 Å². The molecule has 0 aliphatic carbocycles. The van der Waals surface area contributed by atoms with E-state index in [2.05, 4.69) is 95.4 Å². The fourth-order valence-corrected chi connectivity index (χ4v) is 10.3. The lowest BCUT2D eigenvalue weighted by atomic mass is 9.78. The van der Waals surface area contributed by atoms with E-state index in [0.29, 0.717) is 19.7 Å². The van der Waals surface area contributed by atoms with E-state index in [1.54, 1.807) is 4.90 Å². The fraction of sp³-hybridized carbons (Fsp3) is 0.562. The molecule has 0 spiro atoms. The van der Waals surface area contributed by atoms with Gasteiger partial charge in [0.1, 0.15) is 5.60 Å². The molecule has 0 radical (unpaired) electrons. The number of rotatable bonds is 7. The van der Waals surface area contributed by atoms with Crippen LogP contribution in [0.4, 0.5) is 4.79 Å². The molecule has 2 aromatic rings. The maximum atomic E-state index is 13.8. The summed E-state index contributed by atoms with van der Waals surface area (Å²) in [7, 11) is -2.73. The fourth-order valence-electron chi connectivity index (χ4n) is 5.78. The van der Waals surface area contributed by atoms with Crippen LogP contribution in [0, 0.1) is 5.41 Å². The molecule has 0 aromatic heterocycles. The zero-order valence-corrected chi connectivity index (χ0v) is 26.3. The second kappa shape index (κ2) is 11.9. The number of carbonyl (C=O) groups excluding carboxylic acids is 2. The molecule has 2 unspecified atom stereocenters. The number of benzene rings is 2. The summed E-state index contributed by atoms with van der Waals surface area (Å²) in [5, 5.41) is 5.64. The van der Waals surface area contributed by atoms with Crippen molar-refractivity contribution in [2.24, 2.45) is 5.41 Å². The van der Waals surface area contributed by atoms with Crippen LogP contribution in [0.3, 0.4) is 0 Å². The summed E-state index contributed by atoms with van der Waals surface area (Å²) in [6.07, 6.45) is -0.109. The van der Waals surface area contributed by atoms with E-state index in [1.807, 2.05) is 32.9 Å². The van der Waals surface area contributed by atoms with E-state index < -0.39 is 20.0 Å². The molecule has 1 amide bonds. The third kappa shape index (κ3) is 7.19. The van der Waals surface area contributed by atoms with Crippen LogP contribution < -0.4 is 15.7 Å². The van der Waals surface area contributed by atoms with Gasteiger partial charge in [-0.1, -0.05) is 102 Å². The van der Waals surface area contributed by atoms with E-state index >= 15 is 0 Å². The Kier molecular flexibility index (Phi) is 9.51. The first kappa shape index (κ1) is 31.0. The molecule has 3 rings (SSSR count). The van der Waals surface area contributed by atoms with Gasteiger partial charge in [-0.25, -0.2) is 4.79 Å². The van der Waals surface area contributed by atoms with Gasteiger partial charge in [0, 0.05) is 26.1 Å². The largest absolute Gasteiger partial charge is 0.444 e. The minimum Gasteiger partial charge on any atom is -0.444 e. The Morgan fingerprint density at radius 2 is 1.38 bits per heavy atom. The number of ketones is 1. The Hall–Kier alpha value is -2.48. The van der Waals surface area contributed by atoms with Crippen LogP contribution in [0.5, 0.6) is 0 Å². The van der Waals surface area contributed by atoms with Gasteiger partial charge in [0.05, 0.1) is 12.1 Å². The van der Waals surface area contributed by atoms with Crippen LogP contribution in [0.15, 0.2) is 60.7 Å². The molecule has 1 heterocycles. The van der Waals surface area contributed by atoms with Crippen LogP contribution in [0.25, 0.3) is 0 Å². The number of nitrogens with zero attached hydrogens (tertiary/aromatic N) is 1. The van der Waals surface area contributed by atoms with Gasteiger partial charge in [-0.05, 0) is 41.6 Å². The molecular weight excluding hydrogens is 504 g/mol. The van der Waals surface area contributed by atoms with E-state index in [9.17, 15) is 9.59 Å². The number of ether oxygens (including phenoxy) is 1. The Labute approximate surface area is 236 Å². The molecule has 1 N–H and O–H groups in total. The first-order valence-electron chi connectivity index (χ1n) is 14.1. The van der Waals surface area contributed by atoms with Crippen molar-refractivity contribution < 1.29 is 18.8 Å². The number of piperazine rings is 1. The molecule has 1 saturated heterocycles. The minimum atomic E-state index is -2.73. The number of carbonyl (C=O) groups is 2. The molecule has 1 aliphatic heterocycles. The van der Waals surface area contributed by atoms with Gasteiger partial charge < -0.3 is 19.4 Å². The topological polar surface area (TPSA) is 67.9 Å². The van der Waals surface area contributed by atoms with Crippen LogP contribution in [0.2, 0.25) is 5.04 Å². The van der Waals surface area contributed by atoms with Gasteiger partial charge >= 0.3 is 6.09 Å². The third-order valence-electron chi connectivity index (χ3n) is 7.31. The molecule has 1 fully saturated rings. The van der Waals surface area contributed by atoms with Crippen molar-refractivity contribution in [2.75, 3.05) is 19.7 Å². The highest BCUT2D eigenvalue weighted by molar-refractivity contribution is 6.99. The average molecular weight is 553 g/mol. The SMILES string of the molecule is CC(C)(C)OC(=O)N1CCNC(C(=O)CCO[Si](c2ccccc2)(c2ccccc2)C(C)(C)C)C1C(C)(C)C. The zero-order valence-electron chi connectivity index (χ0n) is 25.3. The van der Waals surface area contributed by atoms with Gasteiger partial charge in [0.15, 0.2) is 5.78 Å². The second-order valence-electron chi connectivity index (χ2n) is 13.6. The lowest BCUT2D eigenvalue weighted by Gasteiger charge is -2.47. The highest BCUT2D eigenvalue weighted by Gasteiger charge is 2.50. The standard InChI is InChI=1S/C32H48N2O4Si/c1-30(2,3)28-27(33-21-22-34(28)29(36)38-31(4,5)6)26(35)20-23-37-39(32(7,8)9,24-16-12-10-13-17-24)25-18-14-11-15-19-25/h10-19,27-28,33H,20-23H2,1-9H3. The first-order chi connectivity index (χ1) is 18.1. The van der Waals surface area contributed by atoms with Gasteiger partial charge in [0.2, 0.25) is 0 Å². The molecular formula is C32H48N2O4Si. The highest BCUT2D eigenvalue weighted by Crippen LogP contribution is 2.37. The quantitative estimate of drug-likeness (QED) is 0.482. The lowest BCUT2D eigenvalue weighted by molar-refractivity contribution is -0.126.